The second kappa shape index (κ2) is 7.53. The molecule has 0 radical (unpaired) electrons. The number of amides is 1. The van der Waals surface area contributed by atoms with Crippen molar-refractivity contribution in [3.63, 3.8) is 0 Å². The van der Waals surface area contributed by atoms with E-state index in [1.165, 1.54) is 4.90 Å². The number of Topliss-reactive ketones (excluding diaryl/α,β-unsaturated/α-hetero) is 1. The van der Waals surface area contributed by atoms with Gasteiger partial charge in [-0.05, 0) is 48.9 Å². The van der Waals surface area contributed by atoms with Crippen LogP contribution in [0, 0.1) is 6.92 Å². The molecular weight excluding hydrogens is 388 g/mol. The van der Waals surface area contributed by atoms with Crippen LogP contribution in [0.1, 0.15) is 22.7 Å². The first-order chi connectivity index (χ1) is 14.0. The van der Waals surface area contributed by atoms with Gasteiger partial charge in [0.15, 0.2) is 0 Å². The quantitative estimate of drug-likeness (QED) is 0.391. The Morgan fingerprint density at radius 2 is 1.69 bits per heavy atom. The molecule has 0 bridgehead atoms. The third kappa shape index (κ3) is 3.41. The largest absolute Gasteiger partial charge is 0.507 e. The van der Waals surface area contributed by atoms with E-state index in [4.69, 9.17) is 11.6 Å². The van der Waals surface area contributed by atoms with Gasteiger partial charge in [0.05, 0.1) is 11.6 Å². The van der Waals surface area contributed by atoms with Crippen molar-refractivity contribution < 1.29 is 14.7 Å². The van der Waals surface area contributed by atoms with Crippen LogP contribution in [0.5, 0.6) is 0 Å². The number of rotatable bonds is 3. The molecule has 0 spiro atoms. The summed E-state index contributed by atoms with van der Waals surface area (Å²) < 4.78 is 0. The molecule has 1 atom stereocenters. The summed E-state index contributed by atoms with van der Waals surface area (Å²) in [6, 6.07) is 18.3. The van der Waals surface area contributed by atoms with E-state index in [-0.39, 0.29) is 11.3 Å². The molecule has 0 unspecified atom stereocenters. The van der Waals surface area contributed by atoms with E-state index in [1.54, 1.807) is 48.7 Å². The highest BCUT2D eigenvalue weighted by Gasteiger charge is 2.47. The average Bonchev–Trinajstić information content (AvgIpc) is 3.00. The maximum absolute atomic E-state index is 13.0. The predicted molar refractivity (Wildman–Crippen MR) is 112 cm³/mol. The van der Waals surface area contributed by atoms with Crippen LogP contribution in [-0.2, 0) is 9.59 Å². The molecule has 2 heterocycles. The highest BCUT2D eigenvalue weighted by molar-refractivity contribution is 6.51. The molecule has 1 fully saturated rings. The topological polar surface area (TPSA) is 70.5 Å². The molecule has 1 amide bonds. The molecule has 1 saturated heterocycles. The van der Waals surface area contributed by atoms with E-state index >= 15 is 0 Å². The molecule has 1 aliphatic heterocycles. The van der Waals surface area contributed by atoms with E-state index in [1.807, 2.05) is 31.2 Å². The molecule has 0 saturated carbocycles. The van der Waals surface area contributed by atoms with Gasteiger partial charge >= 0.3 is 5.91 Å². The number of aryl methyl sites for hydroxylation is 1. The van der Waals surface area contributed by atoms with Gasteiger partial charge in [0, 0.05) is 16.8 Å². The van der Waals surface area contributed by atoms with Gasteiger partial charge in [-0.2, -0.15) is 0 Å². The minimum Gasteiger partial charge on any atom is -0.507 e. The smallest absolute Gasteiger partial charge is 0.301 e. The van der Waals surface area contributed by atoms with Crippen molar-refractivity contribution in [1.29, 1.82) is 0 Å². The van der Waals surface area contributed by atoms with Gasteiger partial charge in [-0.15, -0.1) is 0 Å². The lowest BCUT2D eigenvalue weighted by Crippen LogP contribution is -2.30. The van der Waals surface area contributed by atoms with Crippen LogP contribution >= 0.6 is 11.6 Å². The first kappa shape index (κ1) is 18.9. The van der Waals surface area contributed by atoms with E-state index in [2.05, 4.69) is 4.98 Å². The number of hydrogen-bond acceptors (Lipinski definition) is 4. The summed E-state index contributed by atoms with van der Waals surface area (Å²) in [4.78, 5) is 31.5. The number of carbonyl (C=O) groups is 2. The minimum absolute atomic E-state index is 0.0202. The first-order valence-corrected chi connectivity index (χ1v) is 9.39. The number of anilines is 1. The molecule has 1 N–H and O–H groups in total. The lowest BCUT2D eigenvalue weighted by molar-refractivity contribution is -0.132. The Hall–Kier alpha value is -3.44. The lowest BCUT2D eigenvalue weighted by Gasteiger charge is -2.24. The minimum atomic E-state index is -0.791. The van der Waals surface area contributed by atoms with Crippen LogP contribution in [0.25, 0.3) is 5.76 Å². The Morgan fingerprint density at radius 3 is 2.31 bits per heavy atom. The fourth-order valence-electron chi connectivity index (χ4n) is 3.39. The summed E-state index contributed by atoms with van der Waals surface area (Å²) in [5, 5.41) is 11.5. The molecule has 6 heteroatoms. The van der Waals surface area contributed by atoms with Gasteiger partial charge in [0.2, 0.25) is 0 Å². The summed E-state index contributed by atoms with van der Waals surface area (Å²) in [7, 11) is 0. The van der Waals surface area contributed by atoms with Crippen LogP contribution in [-0.4, -0.2) is 21.8 Å². The van der Waals surface area contributed by atoms with Crippen molar-refractivity contribution >= 4 is 34.9 Å². The number of ketones is 1. The molecule has 0 aliphatic carbocycles. The Kier molecular flexibility index (Phi) is 4.91. The molecule has 1 aliphatic rings. The fourth-order valence-corrected chi connectivity index (χ4v) is 3.52. The number of aliphatic hydroxyl groups is 1. The second-order valence-corrected chi connectivity index (χ2v) is 7.21. The lowest BCUT2D eigenvalue weighted by atomic mass is 9.95. The first-order valence-electron chi connectivity index (χ1n) is 9.02. The van der Waals surface area contributed by atoms with Gasteiger partial charge in [-0.3, -0.25) is 14.5 Å². The van der Waals surface area contributed by atoms with Crippen molar-refractivity contribution in [1.82, 2.24) is 4.98 Å². The third-order valence-electron chi connectivity index (χ3n) is 4.85. The maximum Gasteiger partial charge on any atom is 0.301 e. The van der Waals surface area contributed by atoms with Crippen LogP contribution in [0.2, 0.25) is 5.02 Å². The summed E-state index contributed by atoms with van der Waals surface area (Å²) in [6.07, 6.45) is 1.56. The molecule has 3 aromatic rings. The normalized spacial score (nSPS) is 18.3. The molecule has 2 aromatic carbocycles. The van der Waals surface area contributed by atoms with Crippen LogP contribution in [0.4, 0.5) is 5.82 Å². The van der Waals surface area contributed by atoms with Gasteiger partial charge < -0.3 is 5.11 Å². The molecule has 1 aromatic heterocycles. The van der Waals surface area contributed by atoms with Crippen molar-refractivity contribution in [2.24, 2.45) is 0 Å². The van der Waals surface area contributed by atoms with Gasteiger partial charge in [-0.1, -0.05) is 47.5 Å². The van der Waals surface area contributed by atoms with Gasteiger partial charge in [0.1, 0.15) is 11.6 Å². The Bertz CT molecular complexity index is 1110. The molecule has 29 heavy (non-hydrogen) atoms. The van der Waals surface area contributed by atoms with Gasteiger partial charge in [0.25, 0.3) is 5.78 Å². The number of hydrogen-bond donors (Lipinski definition) is 1. The predicted octanol–water partition coefficient (Wildman–Crippen LogP) is 4.67. The number of carbonyl (C=O) groups excluding carboxylic acids is 2. The zero-order valence-electron chi connectivity index (χ0n) is 15.5. The van der Waals surface area contributed by atoms with Crippen LogP contribution in [0.3, 0.4) is 0 Å². The zero-order valence-corrected chi connectivity index (χ0v) is 16.3. The average molecular weight is 405 g/mol. The molecular formula is C23H17ClN2O3. The molecule has 4 rings (SSSR count). The van der Waals surface area contributed by atoms with Crippen molar-refractivity contribution in [3.05, 3.63) is 100 Å². The highest BCUT2D eigenvalue weighted by Crippen LogP contribution is 2.41. The van der Waals surface area contributed by atoms with Crippen LogP contribution in [0.15, 0.2) is 78.5 Å². The summed E-state index contributed by atoms with van der Waals surface area (Å²) >= 11 is 5.94. The Balaban J connectivity index is 1.94. The SMILES string of the molecule is Cc1ccc([C@H]2C(=C(O)c3ccc(Cl)cc3)C(=O)C(=O)N2c2ccccn2)cc1. The number of pyridine rings is 1. The number of nitrogens with zero attached hydrogens (tertiary/aromatic N) is 2. The van der Waals surface area contributed by atoms with Crippen LogP contribution < -0.4 is 4.90 Å². The number of aromatic nitrogens is 1. The summed E-state index contributed by atoms with van der Waals surface area (Å²) in [5.41, 5.74) is 2.18. The maximum atomic E-state index is 13.0. The van der Waals surface area contributed by atoms with E-state index in [0.717, 1.165) is 5.56 Å². The number of halogens is 1. The number of aliphatic hydroxyl groups excluding tert-OH is 1. The summed E-state index contributed by atoms with van der Waals surface area (Å²) in [6.45, 7) is 1.95. The Labute approximate surface area is 172 Å². The zero-order chi connectivity index (χ0) is 20.5. The molecule has 5 nitrogen and oxygen atoms in total. The Morgan fingerprint density at radius 1 is 1.00 bits per heavy atom. The fraction of sp³-hybridized carbons (Fsp3) is 0.0870. The number of benzene rings is 2. The summed E-state index contributed by atoms with van der Waals surface area (Å²) in [5.74, 6) is -1.39. The molecule has 144 valence electrons. The van der Waals surface area contributed by atoms with Gasteiger partial charge in [-0.25, -0.2) is 4.98 Å². The van der Waals surface area contributed by atoms with Crippen molar-refractivity contribution in [2.45, 2.75) is 13.0 Å². The highest BCUT2D eigenvalue weighted by atomic mass is 35.5. The monoisotopic (exact) mass is 404 g/mol. The standard InChI is InChI=1S/C23H17ClN2O3/c1-14-5-7-15(8-6-14)20-19(21(27)16-9-11-17(24)12-10-16)22(28)23(29)26(20)18-4-2-3-13-25-18/h2-13,20,27H,1H3/t20-/m0/s1. The van der Waals surface area contributed by atoms with Crippen molar-refractivity contribution in [3.8, 4) is 0 Å². The third-order valence-corrected chi connectivity index (χ3v) is 5.10. The van der Waals surface area contributed by atoms with E-state index < -0.39 is 17.7 Å². The van der Waals surface area contributed by atoms with E-state index in [0.29, 0.717) is 22.0 Å². The van der Waals surface area contributed by atoms with Crippen molar-refractivity contribution in [2.75, 3.05) is 4.90 Å². The second-order valence-electron chi connectivity index (χ2n) is 6.77. The van der Waals surface area contributed by atoms with E-state index in [9.17, 15) is 14.7 Å².